The molecule has 1 amide bonds. The number of hydrogen-bond acceptors (Lipinski definition) is 2. The van der Waals surface area contributed by atoms with E-state index in [1.54, 1.807) is 0 Å². The molecule has 0 aliphatic carbocycles. The second kappa shape index (κ2) is 5.14. The van der Waals surface area contributed by atoms with Crippen LogP contribution in [0.25, 0.3) is 0 Å². The van der Waals surface area contributed by atoms with Crippen LogP contribution in [0.5, 0.6) is 0 Å². The van der Waals surface area contributed by atoms with Crippen LogP contribution in [-0.4, -0.2) is 47.9 Å². The second-order valence-corrected chi connectivity index (χ2v) is 5.95. The molecule has 1 aromatic rings. The largest absolute Gasteiger partial charge is 0.336 e. The van der Waals surface area contributed by atoms with Crippen molar-refractivity contribution in [1.29, 1.82) is 0 Å². The molecule has 1 atom stereocenters. The van der Waals surface area contributed by atoms with Gasteiger partial charge in [-0.1, -0.05) is 11.6 Å². The van der Waals surface area contributed by atoms with E-state index in [-0.39, 0.29) is 5.91 Å². The van der Waals surface area contributed by atoms with Gasteiger partial charge >= 0.3 is 0 Å². The predicted molar refractivity (Wildman–Crippen MR) is 76.7 cm³/mol. The molecule has 0 bridgehead atoms. The van der Waals surface area contributed by atoms with Gasteiger partial charge < -0.3 is 4.90 Å². The number of fused-ring (bicyclic) bond motifs is 1. The molecular formula is C15H19ClN2O. The van der Waals surface area contributed by atoms with Gasteiger partial charge in [-0.25, -0.2) is 0 Å². The number of hydrogen-bond donors (Lipinski definition) is 0. The molecule has 102 valence electrons. The van der Waals surface area contributed by atoms with E-state index in [0.29, 0.717) is 6.04 Å². The van der Waals surface area contributed by atoms with E-state index in [2.05, 4.69) is 4.90 Å². The summed E-state index contributed by atoms with van der Waals surface area (Å²) in [7, 11) is 0. The van der Waals surface area contributed by atoms with Crippen LogP contribution in [-0.2, 0) is 0 Å². The molecule has 0 saturated carbocycles. The Bertz CT molecular complexity index is 503. The van der Waals surface area contributed by atoms with Crippen LogP contribution < -0.4 is 0 Å². The third kappa shape index (κ3) is 2.49. The van der Waals surface area contributed by atoms with E-state index in [9.17, 15) is 4.79 Å². The molecule has 0 aromatic heterocycles. The number of halogens is 1. The lowest BCUT2D eigenvalue weighted by Gasteiger charge is -2.37. The molecule has 2 aliphatic heterocycles. The molecule has 19 heavy (non-hydrogen) atoms. The molecule has 3 rings (SSSR count). The minimum atomic E-state index is 0.145. The average molecular weight is 279 g/mol. The van der Waals surface area contributed by atoms with Crippen LogP contribution in [0, 0.1) is 6.92 Å². The van der Waals surface area contributed by atoms with E-state index in [1.807, 2.05) is 30.0 Å². The first kappa shape index (κ1) is 12.9. The smallest absolute Gasteiger partial charge is 0.253 e. The van der Waals surface area contributed by atoms with Crippen LogP contribution in [0.15, 0.2) is 18.2 Å². The lowest BCUT2D eigenvalue weighted by Crippen LogP contribution is -2.52. The quantitative estimate of drug-likeness (QED) is 0.788. The van der Waals surface area contributed by atoms with Gasteiger partial charge in [0.1, 0.15) is 0 Å². The molecule has 4 heteroatoms. The molecule has 2 aliphatic rings. The number of piperazine rings is 1. The Morgan fingerprint density at radius 3 is 2.95 bits per heavy atom. The van der Waals surface area contributed by atoms with E-state index in [4.69, 9.17) is 11.6 Å². The number of amides is 1. The summed E-state index contributed by atoms with van der Waals surface area (Å²) in [5.41, 5.74) is 1.72. The van der Waals surface area contributed by atoms with Gasteiger partial charge in [0, 0.05) is 36.3 Å². The first-order valence-corrected chi connectivity index (χ1v) is 7.32. The van der Waals surface area contributed by atoms with Gasteiger partial charge in [-0.2, -0.15) is 0 Å². The Morgan fingerprint density at radius 1 is 1.32 bits per heavy atom. The zero-order valence-corrected chi connectivity index (χ0v) is 12.0. The lowest BCUT2D eigenvalue weighted by atomic mass is 10.1. The first-order valence-electron chi connectivity index (χ1n) is 6.94. The van der Waals surface area contributed by atoms with Crippen molar-refractivity contribution in [2.75, 3.05) is 26.2 Å². The van der Waals surface area contributed by atoms with Crippen molar-refractivity contribution >= 4 is 17.5 Å². The van der Waals surface area contributed by atoms with Gasteiger partial charge in [-0.15, -0.1) is 0 Å². The van der Waals surface area contributed by atoms with Crippen LogP contribution >= 0.6 is 11.6 Å². The number of nitrogens with zero attached hydrogens (tertiary/aromatic N) is 2. The monoisotopic (exact) mass is 278 g/mol. The third-order valence-electron chi connectivity index (χ3n) is 4.28. The summed E-state index contributed by atoms with van der Waals surface area (Å²) in [5.74, 6) is 0.145. The minimum Gasteiger partial charge on any atom is -0.336 e. The maximum atomic E-state index is 12.5. The third-order valence-corrected chi connectivity index (χ3v) is 4.70. The Kier molecular flexibility index (Phi) is 3.50. The van der Waals surface area contributed by atoms with Crippen molar-refractivity contribution in [2.45, 2.75) is 25.8 Å². The lowest BCUT2D eigenvalue weighted by molar-refractivity contribution is 0.0571. The average Bonchev–Trinajstić information content (AvgIpc) is 2.88. The summed E-state index contributed by atoms with van der Waals surface area (Å²) in [5, 5.41) is 0.720. The second-order valence-electron chi connectivity index (χ2n) is 5.55. The summed E-state index contributed by atoms with van der Waals surface area (Å²) in [6.07, 6.45) is 2.50. The highest BCUT2D eigenvalue weighted by molar-refractivity contribution is 6.31. The van der Waals surface area contributed by atoms with Gasteiger partial charge in [0.25, 0.3) is 5.91 Å². The molecule has 1 unspecified atom stereocenters. The molecule has 1 aromatic carbocycles. The summed E-state index contributed by atoms with van der Waals surface area (Å²) < 4.78 is 0. The fourth-order valence-electron chi connectivity index (χ4n) is 3.14. The highest BCUT2D eigenvalue weighted by Crippen LogP contribution is 2.23. The standard InChI is InChI=1S/C15H19ClN2O/c1-11-9-12(4-5-14(11)16)15(19)18-8-7-17-6-2-3-13(17)10-18/h4-5,9,13H,2-3,6-8,10H2,1H3. The molecule has 0 radical (unpaired) electrons. The molecule has 3 nitrogen and oxygen atoms in total. The molecule has 2 heterocycles. The molecule has 0 N–H and O–H groups in total. The maximum absolute atomic E-state index is 12.5. The number of benzene rings is 1. The van der Waals surface area contributed by atoms with Crippen LogP contribution in [0.3, 0.4) is 0 Å². The van der Waals surface area contributed by atoms with E-state index < -0.39 is 0 Å². The number of carbonyl (C=O) groups excluding carboxylic acids is 1. The van der Waals surface area contributed by atoms with Gasteiger partial charge in [0.15, 0.2) is 0 Å². The molecular weight excluding hydrogens is 260 g/mol. The molecule has 2 fully saturated rings. The normalized spacial score (nSPS) is 23.5. The van der Waals surface area contributed by atoms with Gasteiger partial charge in [-0.3, -0.25) is 9.69 Å². The predicted octanol–water partition coefficient (Wildman–Crippen LogP) is 2.57. The van der Waals surface area contributed by atoms with Crippen molar-refractivity contribution in [1.82, 2.24) is 9.80 Å². The number of rotatable bonds is 1. The Hall–Kier alpha value is -1.06. The zero-order valence-electron chi connectivity index (χ0n) is 11.2. The van der Waals surface area contributed by atoms with Gasteiger partial charge in [0.05, 0.1) is 0 Å². The highest BCUT2D eigenvalue weighted by atomic mass is 35.5. The highest BCUT2D eigenvalue weighted by Gasteiger charge is 2.32. The molecule has 2 saturated heterocycles. The van der Waals surface area contributed by atoms with Crippen LogP contribution in [0.2, 0.25) is 5.02 Å². The van der Waals surface area contributed by atoms with Crippen molar-refractivity contribution in [3.8, 4) is 0 Å². The van der Waals surface area contributed by atoms with Crippen molar-refractivity contribution < 1.29 is 4.79 Å². The Balaban J connectivity index is 1.74. The van der Waals surface area contributed by atoms with E-state index >= 15 is 0 Å². The topological polar surface area (TPSA) is 23.6 Å². The Morgan fingerprint density at radius 2 is 2.16 bits per heavy atom. The van der Waals surface area contributed by atoms with Gasteiger partial charge in [-0.05, 0) is 50.1 Å². The summed E-state index contributed by atoms with van der Waals surface area (Å²) in [4.78, 5) is 17.0. The Labute approximate surface area is 119 Å². The fourth-order valence-corrected chi connectivity index (χ4v) is 3.25. The minimum absolute atomic E-state index is 0.145. The number of carbonyl (C=O) groups is 1. The summed E-state index contributed by atoms with van der Waals surface area (Å²) in [6, 6.07) is 6.12. The zero-order chi connectivity index (χ0) is 13.4. The first-order chi connectivity index (χ1) is 9.15. The number of aryl methyl sites for hydroxylation is 1. The fraction of sp³-hybridized carbons (Fsp3) is 0.533. The van der Waals surface area contributed by atoms with E-state index in [0.717, 1.165) is 35.8 Å². The SMILES string of the molecule is Cc1cc(C(=O)N2CCN3CCCC3C2)ccc1Cl. The molecule has 0 spiro atoms. The van der Waals surface area contributed by atoms with Crippen molar-refractivity contribution in [2.24, 2.45) is 0 Å². The van der Waals surface area contributed by atoms with Crippen molar-refractivity contribution in [3.05, 3.63) is 34.3 Å². The maximum Gasteiger partial charge on any atom is 0.253 e. The summed E-state index contributed by atoms with van der Waals surface area (Å²) >= 11 is 6.01. The van der Waals surface area contributed by atoms with E-state index in [1.165, 1.54) is 19.4 Å². The van der Waals surface area contributed by atoms with Crippen LogP contribution in [0.1, 0.15) is 28.8 Å². The van der Waals surface area contributed by atoms with Crippen molar-refractivity contribution in [3.63, 3.8) is 0 Å². The van der Waals surface area contributed by atoms with Crippen LogP contribution in [0.4, 0.5) is 0 Å². The summed E-state index contributed by atoms with van der Waals surface area (Å²) in [6.45, 7) is 5.88. The van der Waals surface area contributed by atoms with Gasteiger partial charge in [0.2, 0.25) is 0 Å².